The zero-order valence-corrected chi connectivity index (χ0v) is 13.4. The van der Waals surface area contributed by atoms with Crippen molar-refractivity contribution in [2.24, 2.45) is 0 Å². The molecule has 24 heavy (non-hydrogen) atoms. The number of aliphatic hydroxyl groups excluding tert-OH is 1. The molecule has 2 rings (SSSR count). The van der Waals surface area contributed by atoms with Crippen LogP contribution in [-0.2, 0) is 15.8 Å². The van der Waals surface area contributed by atoms with E-state index in [2.05, 4.69) is 9.97 Å². The standard InChI is InChI=1S/C13H17N4O6P/c14-12-15-11(9-4-2-1-3-5-9)17(13(19)16-12)6-10(7-18)23-8-24(20,21)22/h1-5,10,18H,6-8H2,(H2,14,16,19)(H2,20,21,22)/t10-/m0/s1. The summed E-state index contributed by atoms with van der Waals surface area (Å²) >= 11 is 0. The van der Waals surface area contributed by atoms with Crippen molar-refractivity contribution in [2.45, 2.75) is 12.6 Å². The second kappa shape index (κ2) is 7.65. The third-order valence-electron chi connectivity index (χ3n) is 3.02. The quantitative estimate of drug-likeness (QED) is 0.475. The Morgan fingerprint density at radius 3 is 2.50 bits per heavy atom. The third kappa shape index (κ3) is 4.95. The van der Waals surface area contributed by atoms with Crippen LogP contribution in [0.1, 0.15) is 0 Å². The fourth-order valence-corrected chi connectivity index (χ4v) is 2.39. The van der Waals surface area contributed by atoms with Crippen LogP contribution in [-0.4, -0.2) is 48.5 Å². The van der Waals surface area contributed by atoms with E-state index in [4.69, 9.17) is 20.3 Å². The number of aromatic nitrogens is 3. The van der Waals surface area contributed by atoms with E-state index in [0.717, 1.165) is 4.57 Å². The van der Waals surface area contributed by atoms with E-state index in [1.165, 1.54) is 0 Å². The third-order valence-corrected chi connectivity index (χ3v) is 3.50. The van der Waals surface area contributed by atoms with E-state index in [1.54, 1.807) is 30.3 Å². The lowest BCUT2D eigenvalue weighted by Gasteiger charge is -2.19. The number of nitrogens with zero attached hydrogens (tertiary/aromatic N) is 3. The molecule has 0 spiro atoms. The number of hydrogen-bond acceptors (Lipinski definition) is 7. The Bertz CT molecular complexity index is 791. The largest absolute Gasteiger partial charge is 0.394 e. The molecule has 0 radical (unpaired) electrons. The Morgan fingerprint density at radius 2 is 1.92 bits per heavy atom. The molecule has 0 aliphatic heterocycles. The first-order valence-corrected chi connectivity index (χ1v) is 8.66. The van der Waals surface area contributed by atoms with Gasteiger partial charge in [-0.05, 0) is 0 Å². The minimum Gasteiger partial charge on any atom is -0.394 e. The van der Waals surface area contributed by atoms with Crippen molar-refractivity contribution in [1.29, 1.82) is 0 Å². The number of nitrogen functional groups attached to an aromatic ring is 1. The first-order valence-electron chi connectivity index (χ1n) is 6.87. The van der Waals surface area contributed by atoms with E-state index in [0.29, 0.717) is 5.56 Å². The van der Waals surface area contributed by atoms with Gasteiger partial charge in [0.2, 0.25) is 5.95 Å². The number of benzene rings is 1. The van der Waals surface area contributed by atoms with Gasteiger partial charge in [0.1, 0.15) is 12.2 Å². The molecule has 0 amide bonds. The number of nitrogens with two attached hydrogens (primary N) is 1. The Morgan fingerprint density at radius 1 is 1.25 bits per heavy atom. The number of rotatable bonds is 7. The van der Waals surface area contributed by atoms with Crippen molar-refractivity contribution in [1.82, 2.24) is 14.5 Å². The molecule has 130 valence electrons. The zero-order chi connectivity index (χ0) is 17.7. The summed E-state index contributed by atoms with van der Waals surface area (Å²) in [5.74, 6) is 0.0121. The van der Waals surface area contributed by atoms with Gasteiger partial charge in [0.25, 0.3) is 0 Å². The minimum absolute atomic E-state index is 0.195. The highest BCUT2D eigenvalue weighted by molar-refractivity contribution is 7.51. The van der Waals surface area contributed by atoms with Gasteiger partial charge in [-0.25, -0.2) is 4.79 Å². The van der Waals surface area contributed by atoms with Gasteiger partial charge in [-0.2, -0.15) is 9.97 Å². The summed E-state index contributed by atoms with van der Waals surface area (Å²) < 4.78 is 17.0. The molecule has 1 aromatic carbocycles. The molecular formula is C13H17N4O6P. The van der Waals surface area contributed by atoms with Gasteiger partial charge in [0, 0.05) is 5.56 Å². The van der Waals surface area contributed by atoms with E-state index < -0.39 is 32.3 Å². The lowest BCUT2D eigenvalue weighted by atomic mass is 10.2. The minimum atomic E-state index is -4.40. The van der Waals surface area contributed by atoms with Crippen LogP contribution >= 0.6 is 7.60 Å². The number of anilines is 1. The lowest BCUT2D eigenvalue weighted by molar-refractivity contribution is 0.0190. The highest BCUT2D eigenvalue weighted by atomic mass is 31.2. The summed E-state index contributed by atoms with van der Waals surface area (Å²) in [6.45, 7) is -0.745. The molecule has 2 aromatic rings. The van der Waals surface area contributed by atoms with Crippen molar-refractivity contribution in [3.8, 4) is 11.4 Å². The van der Waals surface area contributed by atoms with Crippen molar-refractivity contribution < 1.29 is 24.2 Å². The molecule has 5 N–H and O–H groups in total. The highest BCUT2D eigenvalue weighted by Crippen LogP contribution is 2.34. The molecule has 10 nitrogen and oxygen atoms in total. The molecule has 1 heterocycles. The Balaban J connectivity index is 2.35. The normalized spacial score (nSPS) is 13.0. The van der Waals surface area contributed by atoms with Gasteiger partial charge >= 0.3 is 13.3 Å². The average Bonchev–Trinajstić information content (AvgIpc) is 2.52. The first-order chi connectivity index (χ1) is 11.3. The predicted octanol–water partition coefficient (Wildman–Crippen LogP) is -0.600. The molecular weight excluding hydrogens is 339 g/mol. The molecule has 0 aliphatic carbocycles. The lowest BCUT2D eigenvalue weighted by Crippen LogP contribution is -2.34. The molecule has 1 atom stereocenters. The average molecular weight is 356 g/mol. The maximum absolute atomic E-state index is 12.1. The smallest absolute Gasteiger partial charge is 0.352 e. The van der Waals surface area contributed by atoms with Crippen LogP contribution in [0.3, 0.4) is 0 Å². The van der Waals surface area contributed by atoms with Gasteiger partial charge in [-0.15, -0.1) is 0 Å². The monoisotopic (exact) mass is 356 g/mol. The number of aliphatic hydroxyl groups is 1. The number of hydrogen-bond donors (Lipinski definition) is 4. The maximum atomic E-state index is 12.1. The summed E-state index contributed by atoms with van der Waals surface area (Å²) in [6, 6.07) is 8.70. The fourth-order valence-electron chi connectivity index (χ4n) is 1.98. The molecule has 0 saturated carbocycles. The maximum Gasteiger partial charge on any atom is 0.352 e. The van der Waals surface area contributed by atoms with E-state index >= 15 is 0 Å². The van der Waals surface area contributed by atoms with Gasteiger partial charge in [0.05, 0.1) is 19.3 Å². The van der Waals surface area contributed by atoms with Crippen LogP contribution in [0, 0.1) is 0 Å². The molecule has 0 unspecified atom stereocenters. The molecule has 11 heteroatoms. The summed E-state index contributed by atoms with van der Waals surface area (Å²) in [5.41, 5.74) is 5.41. The molecule has 0 bridgehead atoms. The van der Waals surface area contributed by atoms with Gasteiger partial charge in [-0.1, -0.05) is 30.3 Å². The second-order valence-corrected chi connectivity index (χ2v) is 6.52. The van der Waals surface area contributed by atoms with Gasteiger partial charge in [-0.3, -0.25) is 9.13 Å². The Labute approximate surface area is 136 Å². The van der Waals surface area contributed by atoms with Crippen molar-refractivity contribution >= 4 is 13.5 Å². The van der Waals surface area contributed by atoms with Crippen LogP contribution in [0.15, 0.2) is 35.1 Å². The van der Waals surface area contributed by atoms with Crippen molar-refractivity contribution in [2.75, 3.05) is 18.7 Å². The topological polar surface area (TPSA) is 161 Å². The van der Waals surface area contributed by atoms with Crippen molar-refractivity contribution in [3.63, 3.8) is 0 Å². The number of ether oxygens (including phenoxy) is 1. The van der Waals surface area contributed by atoms with E-state index in [9.17, 15) is 14.5 Å². The van der Waals surface area contributed by atoms with Gasteiger partial charge in [0.15, 0.2) is 0 Å². The summed E-state index contributed by atoms with van der Waals surface area (Å²) in [7, 11) is -4.40. The summed E-state index contributed by atoms with van der Waals surface area (Å²) in [4.78, 5) is 37.4. The Hall–Kier alpha value is -2.10. The fraction of sp³-hybridized carbons (Fsp3) is 0.308. The SMILES string of the molecule is Nc1nc(-c2ccccc2)n(C[C@@H](CO)OCP(=O)(O)O)c(=O)n1. The van der Waals surface area contributed by atoms with E-state index in [-0.39, 0.29) is 18.3 Å². The van der Waals surface area contributed by atoms with Crippen LogP contribution in [0.4, 0.5) is 5.95 Å². The van der Waals surface area contributed by atoms with E-state index in [1.807, 2.05) is 0 Å². The van der Waals surface area contributed by atoms with Crippen LogP contribution in [0.25, 0.3) is 11.4 Å². The van der Waals surface area contributed by atoms with Crippen molar-refractivity contribution in [3.05, 3.63) is 40.8 Å². The van der Waals surface area contributed by atoms with Crippen LogP contribution < -0.4 is 11.4 Å². The highest BCUT2D eigenvalue weighted by Gasteiger charge is 2.20. The summed E-state index contributed by atoms with van der Waals surface area (Å²) in [5, 5.41) is 9.33. The molecule has 1 aromatic heterocycles. The predicted molar refractivity (Wildman–Crippen MR) is 85.0 cm³/mol. The zero-order valence-electron chi connectivity index (χ0n) is 12.5. The Kier molecular flexibility index (Phi) is 5.81. The van der Waals surface area contributed by atoms with Crippen LogP contribution in [0.2, 0.25) is 0 Å². The molecule has 0 aliphatic rings. The molecule has 0 saturated heterocycles. The second-order valence-electron chi connectivity index (χ2n) is 4.93. The van der Waals surface area contributed by atoms with Crippen LogP contribution in [0.5, 0.6) is 0 Å². The van der Waals surface area contributed by atoms with Gasteiger partial charge < -0.3 is 25.4 Å². The summed E-state index contributed by atoms with van der Waals surface area (Å²) in [6.07, 6.45) is -1.89. The first kappa shape index (κ1) is 18.2. The molecule has 0 fully saturated rings.